The van der Waals surface area contributed by atoms with Gasteiger partial charge in [-0.2, -0.15) is 0 Å². The van der Waals surface area contributed by atoms with E-state index in [0.29, 0.717) is 0 Å². The smallest absolute Gasteiger partial charge is 0.759 e. The Morgan fingerprint density at radius 1 is 0.667 bits per heavy atom. The average Bonchev–Trinajstić information content (AvgIpc) is 1.12. The molecule has 0 heterocycles. The van der Waals surface area contributed by atoms with Gasteiger partial charge in [0.05, 0.1) is 0 Å². The first-order valence-electron chi connectivity index (χ1n) is 1.33. The molecule has 0 amide bonds. The van der Waals surface area contributed by atoms with Gasteiger partial charge in [0.15, 0.2) is 0 Å². The van der Waals surface area contributed by atoms with Crippen LogP contribution in [-0.4, -0.2) is 35.0 Å². The maximum atomic E-state index is 8.52. The van der Waals surface area contributed by atoms with Crippen LogP contribution in [0.3, 0.4) is 0 Å². The van der Waals surface area contributed by atoms with Crippen LogP contribution in [-0.2, 0) is 51.4 Å². The predicted octanol–water partition coefficient (Wildman–Crippen LogP) is -2.68. The molecule has 0 unspecified atom stereocenters. The largest absolute Gasteiger partial charge is 2.00 e. The van der Waals surface area contributed by atoms with Gasteiger partial charge in [0.25, 0.3) is 0 Å². The molecule has 4 radical (unpaired) electrons. The van der Waals surface area contributed by atoms with E-state index in [4.69, 9.17) is 35.0 Å². The molecule has 0 saturated heterocycles. The maximum absolute atomic E-state index is 8.52. The van der Waals surface area contributed by atoms with Crippen LogP contribution in [0.1, 0.15) is 0 Å². The molecule has 0 saturated carbocycles. The topological polar surface area (TPSA) is 161 Å². The molecule has 0 aromatic carbocycles. The molecular formula is FeO8S3. The number of rotatable bonds is 0. The molecule has 0 fully saturated rings. The standard InChI is InChI=1S/Fe.2H2O4S.S/c;2*1-5(2,3)4;/h;2*(H2,1,2,3,4);/q+2;;;+2/p-4. The molecule has 74 valence electrons. The van der Waals surface area contributed by atoms with Crippen molar-refractivity contribution in [3.05, 3.63) is 0 Å². The van der Waals surface area contributed by atoms with Crippen LogP contribution in [0.5, 0.6) is 0 Å². The summed E-state index contributed by atoms with van der Waals surface area (Å²) < 4.78 is 68.2. The molecule has 8 nitrogen and oxygen atoms in total. The summed E-state index contributed by atoms with van der Waals surface area (Å²) in [4.78, 5) is 0. The Bertz CT molecular complexity index is 211. The molecule has 0 aromatic rings. The van der Waals surface area contributed by atoms with Crippen LogP contribution >= 0.6 is 0 Å². The SMILES string of the molecule is O=S(=O)([O-])[O-].O=S(=O)([O-])[O-].[Fe+2].[S+2]. The molecule has 0 rings (SSSR count). The Balaban J connectivity index is -0.0000000457. The van der Waals surface area contributed by atoms with Crippen molar-refractivity contribution < 1.29 is 52.1 Å². The summed E-state index contributed by atoms with van der Waals surface area (Å²) in [6, 6.07) is 0. The van der Waals surface area contributed by atoms with Crippen molar-refractivity contribution in [2.75, 3.05) is 0 Å². The third kappa shape index (κ3) is 2640. The van der Waals surface area contributed by atoms with Gasteiger partial charge in [-0.05, 0) is 0 Å². The second kappa shape index (κ2) is 8.22. The molecule has 12 heavy (non-hydrogen) atoms. The van der Waals surface area contributed by atoms with Gasteiger partial charge in [-0.15, -0.1) is 0 Å². The third-order valence-corrected chi connectivity index (χ3v) is 0. The summed E-state index contributed by atoms with van der Waals surface area (Å²) in [5.41, 5.74) is 0. The van der Waals surface area contributed by atoms with Crippen LogP contribution in [0.2, 0.25) is 0 Å². The maximum Gasteiger partial charge on any atom is 2.00 e. The molecule has 0 N–H and O–H groups in total. The first-order chi connectivity index (χ1) is 4.00. The Morgan fingerprint density at radius 2 is 0.667 bits per heavy atom. The quantitative estimate of drug-likeness (QED) is 0.263. The van der Waals surface area contributed by atoms with E-state index < -0.39 is 20.8 Å². The normalized spacial score (nSPS) is 9.67. The zero-order chi connectivity index (χ0) is 9.00. The van der Waals surface area contributed by atoms with Gasteiger partial charge in [-0.1, -0.05) is 0 Å². The molecule has 0 spiro atoms. The molecule has 12 heteroatoms. The first kappa shape index (κ1) is 22.9. The molecule has 0 aliphatic heterocycles. The third-order valence-electron chi connectivity index (χ3n) is 0. The second-order valence-electron chi connectivity index (χ2n) is 0.816. The van der Waals surface area contributed by atoms with Crippen LogP contribution in [0, 0.1) is 0 Å². The first-order valence-corrected chi connectivity index (χ1v) is 4.00. The summed E-state index contributed by atoms with van der Waals surface area (Å²) in [6.07, 6.45) is 0. The molecular weight excluding hydrogens is 280 g/mol. The van der Waals surface area contributed by atoms with Crippen molar-refractivity contribution in [2.45, 2.75) is 0 Å². The van der Waals surface area contributed by atoms with Crippen LogP contribution in [0.25, 0.3) is 0 Å². The minimum atomic E-state index is -5.17. The van der Waals surface area contributed by atoms with E-state index in [2.05, 4.69) is 0 Å². The number of hydrogen-bond acceptors (Lipinski definition) is 8. The Morgan fingerprint density at radius 3 is 0.667 bits per heavy atom. The van der Waals surface area contributed by atoms with Crippen molar-refractivity contribution >= 4 is 34.3 Å². The monoisotopic (exact) mass is 280 g/mol. The fourth-order valence-corrected chi connectivity index (χ4v) is 0. The van der Waals surface area contributed by atoms with Crippen LogP contribution in [0.4, 0.5) is 0 Å². The Labute approximate surface area is 86.4 Å². The summed E-state index contributed by atoms with van der Waals surface area (Å²) in [6.45, 7) is 0. The van der Waals surface area contributed by atoms with E-state index in [1.54, 1.807) is 0 Å². The van der Waals surface area contributed by atoms with Crippen molar-refractivity contribution in [1.82, 2.24) is 0 Å². The van der Waals surface area contributed by atoms with Crippen LogP contribution < -0.4 is 0 Å². The molecule has 0 aliphatic rings. The van der Waals surface area contributed by atoms with Gasteiger partial charge in [0.2, 0.25) is 0 Å². The van der Waals surface area contributed by atoms with Crippen molar-refractivity contribution in [3.8, 4) is 0 Å². The van der Waals surface area contributed by atoms with Gasteiger partial charge in [0, 0.05) is 20.8 Å². The predicted molar refractivity (Wildman–Crippen MR) is 28.3 cm³/mol. The molecule has 0 aliphatic carbocycles. The average molecular weight is 280 g/mol. The summed E-state index contributed by atoms with van der Waals surface area (Å²) in [7, 11) is -10.3. The van der Waals surface area contributed by atoms with Crippen molar-refractivity contribution in [2.24, 2.45) is 0 Å². The number of hydrogen-bond donors (Lipinski definition) is 0. The zero-order valence-corrected chi connectivity index (χ0v) is 8.40. The summed E-state index contributed by atoms with van der Waals surface area (Å²) in [5, 5.41) is 0. The van der Waals surface area contributed by atoms with E-state index in [-0.39, 0.29) is 30.6 Å². The van der Waals surface area contributed by atoms with Crippen molar-refractivity contribution in [3.63, 3.8) is 0 Å². The minimum Gasteiger partial charge on any atom is -0.759 e. The Hall–Kier alpha value is 0.609. The van der Waals surface area contributed by atoms with Crippen molar-refractivity contribution in [1.29, 1.82) is 0 Å². The summed E-state index contributed by atoms with van der Waals surface area (Å²) >= 11 is 0. The molecule has 0 bridgehead atoms. The van der Waals surface area contributed by atoms with E-state index in [0.717, 1.165) is 0 Å². The fourth-order valence-electron chi connectivity index (χ4n) is 0. The van der Waals surface area contributed by atoms with E-state index in [9.17, 15) is 0 Å². The van der Waals surface area contributed by atoms with Gasteiger partial charge in [-0.3, -0.25) is 16.8 Å². The van der Waals surface area contributed by atoms with E-state index in [1.807, 2.05) is 0 Å². The Kier molecular flexibility index (Phi) is 15.7. The van der Waals surface area contributed by atoms with Gasteiger partial charge in [-0.25, -0.2) is 0 Å². The summed E-state index contributed by atoms with van der Waals surface area (Å²) in [5.74, 6) is 0. The van der Waals surface area contributed by atoms with Gasteiger partial charge in [0.1, 0.15) is 0 Å². The minimum absolute atomic E-state index is 0. The van der Waals surface area contributed by atoms with Gasteiger partial charge >= 0.3 is 30.6 Å². The van der Waals surface area contributed by atoms with Gasteiger partial charge < -0.3 is 18.2 Å². The van der Waals surface area contributed by atoms with E-state index >= 15 is 0 Å². The second-order valence-corrected chi connectivity index (χ2v) is 2.45. The van der Waals surface area contributed by atoms with E-state index in [1.165, 1.54) is 0 Å². The molecule has 0 aromatic heterocycles. The van der Waals surface area contributed by atoms with Crippen LogP contribution in [0.15, 0.2) is 0 Å². The zero-order valence-electron chi connectivity index (χ0n) is 4.84. The molecule has 0 atom stereocenters. The fraction of sp³-hybridized carbons (Fsp3) is 0.